The smallest absolute Gasteiger partial charge is 0.255 e. The molecule has 4 aromatic rings. The van der Waals surface area contributed by atoms with Crippen molar-refractivity contribution < 1.29 is 9.59 Å². The highest BCUT2D eigenvalue weighted by atomic mass is 16.2. The first kappa shape index (κ1) is 21.0. The van der Waals surface area contributed by atoms with Crippen LogP contribution in [0.3, 0.4) is 0 Å². The summed E-state index contributed by atoms with van der Waals surface area (Å²) in [6, 6.07) is 18.5. The fourth-order valence-electron chi connectivity index (χ4n) is 3.36. The van der Waals surface area contributed by atoms with Gasteiger partial charge in [-0.05, 0) is 49.7 Å². The van der Waals surface area contributed by atoms with E-state index in [1.807, 2.05) is 44.2 Å². The van der Waals surface area contributed by atoms with E-state index in [0.717, 1.165) is 16.8 Å². The number of pyridine rings is 1. The van der Waals surface area contributed by atoms with Crippen LogP contribution in [0.1, 0.15) is 27.2 Å². The summed E-state index contributed by atoms with van der Waals surface area (Å²) < 4.78 is 1.62. The van der Waals surface area contributed by atoms with Crippen molar-refractivity contribution in [2.75, 3.05) is 10.6 Å². The predicted octanol–water partition coefficient (Wildman–Crippen LogP) is 4.32. The topological polar surface area (TPSA) is 88.9 Å². The van der Waals surface area contributed by atoms with E-state index >= 15 is 0 Å². The molecule has 2 N–H and O–H groups in total. The molecule has 2 aromatic carbocycles. The van der Waals surface area contributed by atoms with E-state index in [9.17, 15) is 9.59 Å². The van der Waals surface area contributed by atoms with Gasteiger partial charge in [0.2, 0.25) is 5.91 Å². The zero-order valence-corrected chi connectivity index (χ0v) is 17.9. The van der Waals surface area contributed by atoms with Gasteiger partial charge in [0.15, 0.2) is 0 Å². The highest BCUT2D eigenvalue weighted by Crippen LogP contribution is 2.16. The molecule has 0 spiro atoms. The van der Waals surface area contributed by atoms with Crippen molar-refractivity contribution in [2.24, 2.45) is 0 Å². The molecule has 0 atom stereocenters. The van der Waals surface area contributed by atoms with Gasteiger partial charge >= 0.3 is 0 Å². The van der Waals surface area contributed by atoms with Crippen LogP contribution in [0.5, 0.6) is 0 Å². The van der Waals surface area contributed by atoms with Crippen molar-refractivity contribution in [1.29, 1.82) is 0 Å². The number of carbonyl (C=O) groups is 2. The maximum absolute atomic E-state index is 12.6. The molecule has 0 fully saturated rings. The minimum Gasteiger partial charge on any atom is -0.323 e. The van der Waals surface area contributed by atoms with Crippen LogP contribution in [0.25, 0.3) is 5.69 Å². The Morgan fingerprint density at radius 3 is 2.59 bits per heavy atom. The van der Waals surface area contributed by atoms with Gasteiger partial charge in [0.1, 0.15) is 0 Å². The highest BCUT2D eigenvalue weighted by molar-refractivity contribution is 6.04. The average molecular weight is 425 g/mol. The summed E-state index contributed by atoms with van der Waals surface area (Å²) in [5.41, 5.74) is 5.38. The third kappa shape index (κ3) is 5.26. The summed E-state index contributed by atoms with van der Waals surface area (Å²) in [7, 11) is 0. The molecule has 7 nitrogen and oxygen atoms in total. The summed E-state index contributed by atoms with van der Waals surface area (Å²) >= 11 is 0. The van der Waals surface area contributed by atoms with E-state index in [1.54, 1.807) is 53.6 Å². The molecule has 160 valence electrons. The molecule has 0 bridgehead atoms. The third-order valence-corrected chi connectivity index (χ3v) is 4.84. The number of amides is 2. The van der Waals surface area contributed by atoms with Gasteiger partial charge in [-0.1, -0.05) is 35.9 Å². The predicted molar refractivity (Wildman–Crippen MR) is 124 cm³/mol. The van der Waals surface area contributed by atoms with Crippen molar-refractivity contribution in [3.8, 4) is 5.69 Å². The Bertz CT molecular complexity index is 1280. The minimum atomic E-state index is -0.226. The van der Waals surface area contributed by atoms with Crippen molar-refractivity contribution >= 4 is 23.2 Å². The van der Waals surface area contributed by atoms with Crippen molar-refractivity contribution in [3.63, 3.8) is 0 Å². The fraction of sp³-hybridized carbons (Fsp3) is 0.120. The molecule has 7 heteroatoms. The van der Waals surface area contributed by atoms with E-state index < -0.39 is 0 Å². The van der Waals surface area contributed by atoms with Crippen LogP contribution in [-0.2, 0) is 11.2 Å². The molecule has 0 unspecified atom stereocenters. The quantitative estimate of drug-likeness (QED) is 0.482. The third-order valence-electron chi connectivity index (χ3n) is 4.84. The Morgan fingerprint density at radius 2 is 1.78 bits per heavy atom. The average Bonchev–Trinajstić information content (AvgIpc) is 3.22. The van der Waals surface area contributed by atoms with Crippen LogP contribution in [0.2, 0.25) is 0 Å². The first-order valence-corrected chi connectivity index (χ1v) is 10.2. The minimum absolute atomic E-state index is 0.115. The van der Waals surface area contributed by atoms with Crippen LogP contribution in [0, 0.1) is 13.8 Å². The summed E-state index contributed by atoms with van der Waals surface area (Å²) in [6.45, 7) is 3.86. The van der Waals surface area contributed by atoms with E-state index in [2.05, 4.69) is 20.7 Å². The lowest BCUT2D eigenvalue weighted by atomic mass is 10.1. The van der Waals surface area contributed by atoms with Crippen molar-refractivity contribution in [2.45, 2.75) is 20.3 Å². The van der Waals surface area contributed by atoms with Crippen molar-refractivity contribution in [1.82, 2.24) is 14.8 Å². The maximum Gasteiger partial charge on any atom is 0.255 e. The molecular formula is C25H23N5O2. The number of anilines is 2. The maximum atomic E-state index is 12.6. The van der Waals surface area contributed by atoms with Gasteiger partial charge in [0, 0.05) is 23.1 Å². The zero-order chi connectivity index (χ0) is 22.5. The molecule has 0 aliphatic heterocycles. The summed E-state index contributed by atoms with van der Waals surface area (Å²) in [5.74, 6) is -0.341. The van der Waals surface area contributed by atoms with Gasteiger partial charge in [-0.15, -0.1) is 0 Å². The molecule has 2 heterocycles. The molecule has 0 radical (unpaired) electrons. The second-order valence-electron chi connectivity index (χ2n) is 7.58. The lowest BCUT2D eigenvalue weighted by molar-refractivity contribution is -0.115. The van der Waals surface area contributed by atoms with Gasteiger partial charge in [-0.2, -0.15) is 5.10 Å². The van der Waals surface area contributed by atoms with E-state index in [4.69, 9.17) is 0 Å². The number of aromatic nitrogens is 3. The number of nitrogens with zero attached hydrogens (tertiary/aromatic N) is 3. The molecule has 2 aromatic heterocycles. The lowest BCUT2D eigenvalue weighted by Gasteiger charge is -2.08. The van der Waals surface area contributed by atoms with Crippen LogP contribution in [0.4, 0.5) is 11.4 Å². The normalized spacial score (nSPS) is 10.6. The number of aryl methyl sites for hydroxylation is 2. The number of rotatable bonds is 6. The number of benzene rings is 2. The van der Waals surface area contributed by atoms with Crippen LogP contribution in [-0.4, -0.2) is 26.6 Å². The van der Waals surface area contributed by atoms with E-state index in [1.165, 1.54) is 0 Å². The molecule has 4 rings (SSSR count). The number of hydrogen-bond donors (Lipinski definition) is 2. The summed E-state index contributed by atoms with van der Waals surface area (Å²) in [6.07, 6.45) is 5.24. The Morgan fingerprint density at radius 1 is 0.938 bits per heavy atom. The first-order valence-electron chi connectivity index (χ1n) is 10.2. The Kier molecular flexibility index (Phi) is 6.07. The number of carbonyl (C=O) groups excluding carboxylic acids is 2. The fourth-order valence-corrected chi connectivity index (χ4v) is 3.36. The van der Waals surface area contributed by atoms with Crippen molar-refractivity contribution in [3.05, 3.63) is 102 Å². The Labute approximate surface area is 186 Å². The Hall–Kier alpha value is -4.26. The SMILES string of the molecule is Cc1cccc(CC(=O)Nc2cnn(-c3cccc(C(=O)Nc4ccnc(C)c4)c3)c2)c1. The monoisotopic (exact) mass is 425 g/mol. The largest absolute Gasteiger partial charge is 0.323 e. The molecule has 2 amide bonds. The molecular weight excluding hydrogens is 402 g/mol. The lowest BCUT2D eigenvalue weighted by Crippen LogP contribution is -2.14. The molecule has 32 heavy (non-hydrogen) atoms. The molecule has 0 saturated heterocycles. The van der Waals surface area contributed by atoms with Crippen LogP contribution < -0.4 is 10.6 Å². The molecule has 0 aliphatic carbocycles. The van der Waals surface area contributed by atoms with E-state index in [0.29, 0.717) is 22.6 Å². The molecule has 0 saturated carbocycles. The number of nitrogens with one attached hydrogen (secondary N) is 2. The van der Waals surface area contributed by atoms with Gasteiger partial charge in [0.05, 0.1) is 30.2 Å². The van der Waals surface area contributed by atoms with Gasteiger partial charge in [0.25, 0.3) is 5.91 Å². The van der Waals surface area contributed by atoms with Crippen LogP contribution >= 0.6 is 0 Å². The van der Waals surface area contributed by atoms with E-state index in [-0.39, 0.29) is 18.2 Å². The Balaban J connectivity index is 1.43. The van der Waals surface area contributed by atoms with Gasteiger partial charge in [-0.25, -0.2) is 4.68 Å². The highest BCUT2D eigenvalue weighted by Gasteiger charge is 2.10. The zero-order valence-electron chi connectivity index (χ0n) is 17.9. The van der Waals surface area contributed by atoms with Crippen LogP contribution in [0.15, 0.2) is 79.3 Å². The number of hydrogen-bond acceptors (Lipinski definition) is 4. The standard InChI is InChI=1S/C25H23N5O2/c1-17-5-3-6-19(11-17)13-24(31)28-22-15-27-30(16-22)23-8-4-7-20(14-23)25(32)29-21-9-10-26-18(2)12-21/h3-12,14-16H,13H2,1-2H3,(H,28,31)(H,26,29,32). The van der Waals surface area contributed by atoms with Gasteiger partial charge < -0.3 is 10.6 Å². The second-order valence-corrected chi connectivity index (χ2v) is 7.58. The summed E-state index contributed by atoms with van der Waals surface area (Å²) in [4.78, 5) is 29.1. The summed E-state index contributed by atoms with van der Waals surface area (Å²) in [5, 5.41) is 10.1. The molecule has 0 aliphatic rings. The second kappa shape index (κ2) is 9.26. The first-order chi connectivity index (χ1) is 15.5. The van der Waals surface area contributed by atoms with Gasteiger partial charge in [-0.3, -0.25) is 14.6 Å².